The number of halogens is 1. The standard InChI is InChI=1S/C16H18BrN3O2S/c1-16(2,3)20-14(11-8-23(22)9-13(11)19-20)18-15(21)10-6-4-5-7-12(10)17/h4-7H,8-9H2,1-3H3,(H,18,21). The third-order valence-corrected chi connectivity index (χ3v) is 5.55. The Bertz CT molecular complexity index is 808. The molecule has 1 aliphatic heterocycles. The molecule has 122 valence electrons. The van der Waals surface area contributed by atoms with Crippen LogP contribution in [0.3, 0.4) is 0 Å². The van der Waals surface area contributed by atoms with Crippen LogP contribution in [0, 0.1) is 0 Å². The molecule has 0 saturated heterocycles. The molecule has 2 heterocycles. The molecule has 0 fully saturated rings. The number of anilines is 1. The molecule has 0 spiro atoms. The average molecular weight is 396 g/mol. The first-order chi connectivity index (χ1) is 10.8. The molecule has 1 amide bonds. The fourth-order valence-electron chi connectivity index (χ4n) is 2.56. The number of fused-ring (bicyclic) bond motifs is 1. The number of nitrogens with one attached hydrogen (secondary N) is 1. The van der Waals surface area contributed by atoms with Gasteiger partial charge in [-0.25, -0.2) is 4.68 Å². The van der Waals surface area contributed by atoms with Gasteiger partial charge in [-0.3, -0.25) is 9.00 Å². The van der Waals surface area contributed by atoms with Gasteiger partial charge in [-0.15, -0.1) is 0 Å². The van der Waals surface area contributed by atoms with Crippen molar-refractivity contribution in [3.8, 4) is 0 Å². The first-order valence-corrected chi connectivity index (χ1v) is 9.57. The van der Waals surface area contributed by atoms with Crippen LogP contribution in [0.1, 0.15) is 42.4 Å². The van der Waals surface area contributed by atoms with Crippen LogP contribution in [0.4, 0.5) is 5.82 Å². The molecule has 1 aliphatic rings. The summed E-state index contributed by atoms with van der Waals surface area (Å²) < 4.78 is 14.4. The number of hydrogen-bond acceptors (Lipinski definition) is 3. The highest BCUT2D eigenvalue weighted by atomic mass is 79.9. The molecule has 2 aromatic rings. The lowest BCUT2D eigenvalue weighted by Crippen LogP contribution is -2.27. The topological polar surface area (TPSA) is 64.0 Å². The third kappa shape index (κ3) is 3.12. The van der Waals surface area contributed by atoms with Gasteiger partial charge in [0.05, 0.1) is 28.3 Å². The zero-order valence-electron chi connectivity index (χ0n) is 13.2. The summed E-state index contributed by atoms with van der Waals surface area (Å²) in [7, 11) is -0.934. The average Bonchev–Trinajstić information content (AvgIpc) is 2.96. The molecule has 23 heavy (non-hydrogen) atoms. The van der Waals surface area contributed by atoms with Crippen LogP contribution in [0.5, 0.6) is 0 Å². The molecule has 7 heteroatoms. The molecular weight excluding hydrogens is 378 g/mol. The highest BCUT2D eigenvalue weighted by molar-refractivity contribution is 9.10. The van der Waals surface area contributed by atoms with E-state index >= 15 is 0 Å². The second-order valence-corrected chi connectivity index (χ2v) is 8.83. The Balaban J connectivity index is 2.01. The van der Waals surface area contributed by atoms with Gasteiger partial charge in [-0.2, -0.15) is 5.10 Å². The van der Waals surface area contributed by atoms with Crippen molar-refractivity contribution in [1.82, 2.24) is 9.78 Å². The third-order valence-electron chi connectivity index (χ3n) is 3.66. The highest BCUT2D eigenvalue weighted by Crippen LogP contribution is 2.33. The van der Waals surface area contributed by atoms with Gasteiger partial charge in [0.1, 0.15) is 5.82 Å². The van der Waals surface area contributed by atoms with Crippen LogP contribution in [-0.2, 0) is 27.8 Å². The largest absolute Gasteiger partial charge is 0.306 e. The van der Waals surface area contributed by atoms with Crippen molar-refractivity contribution in [2.24, 2.45) is 0 Å². The normalized spacial score (nSPS) is 17.1. The maximum Gasteiger partial charge on any atom is 0.257 e. The van der Waals surface area contributed by atoms with E-state index in [0.29, 0.717) is 22.9 Å². The first kappa shape index (κ1) is 16.4. The van der Waals surface area contributed by atoms with Crippen LogP contribution in [0.15, 0.2) is 28.7 Å². The molecular formula is C16H18BrN3O2S. The summed E-state index contributed by atoms with van der Waals surface area (Å²) in [5.74, 6) is 1.34. The van der Waals surface area contributed by atoms with E-state index in [4.69, 9.17) is 0 Å². The molecule has 0 aliphatic carbocycles. The second kappa shape index (κ2) is 5.87. The number of hydrogen-bond donors (Lipinski definition) is 1. The predicted octanol–water partition coefficient (Wildman–Crippen LogP) is 3.42. The molecule has 1 atom stereocenters. The number of amides is 1. The van der Waals surface area contributed by atoms with E-state index in [2.05, 4.69) is 26.3 Å². The summed E-state index contributed by atoms with van der Waals surface area (Å²) in [6.45, 7) is 6.08. The molecule has 1 N–H and O–H groups in total. The van der Waals surface area contributed by atoms with E-state index in [0.717, 1.165) is 15.7 Å². The van der Waals surface area contributed by atoms with Crippen LogP contribution in [-0.4, -0.2) is 19.9 Å². The van der Waals surface area contributed by atoms with E-state index in [1.807, 2.05) is 43.7 Å². The number of carbonyl (C=O) groups excluding carboxylic acids is 1. The Morgan fingerprint density at radius 1 is 1.30 bits per heavy atom. The maximum atomic E-state index is 12.6. The summed E-state index contributed by atoms with van der Waals surface area (Å²) in [4.78, 5) is 12.6. The van der Waals surface area contributed by atoms with Crippen LogP contribution in [0.25, 0.3) is 0 Å². The number of benzene rings is 1. The molecule has 1 aromatic carbocycles. The lowest BCUT2D eigenvalue weighted by atomic mass is 10.1. The van der Waals surface area contributed by atoms with Gasteiger partial charge < -0.3 is 5.32 Å². The maximum absolute atomic E-state index is 12.6. The van der Waals surface area contributed by atoms with E-state index in [1.54, 1.807) is 6.07 Å². The quantitative estimate of drug-likeness (QED) is 0.846. The van der Waals surface area contributed by atoms with E-state index in [1.165, 1.54) is 0 Å². The van der Waals surface area contributed by atoms with E-state index in [-0.39, 0.29) is 11.4 Å². The van der Waals surface area contributed by atoms with Crippen molar-refractivity contribution >= 4 is 38.5 Å². The Labute approximate surface area is 146 Å². The number of nitrogens with zero attached hydrogens (tertiary/aromatic N) is 2. The van der Waals surface area contributed by atoms with Crippen molar-refractivity contribution < 1.29 is 9.00 Å². The van der Waals surface area contributed by atoms with Crippen molar-refractivity contribution in [3.05, 3.63) is 45.6 Å². The zero-order chi connectivity index (χ0) is 16.8. The Hall–Kier alpha value is -1.47. The predicted molar refractivity (Wildman–Crippen MR) is 94.9 cm³/mol. The minimum absolute atomic E-state index is 0.205. The monoisotopic (exact) mass is 395 g/mol. The van der Waals surface area contributed by atoms with Crippen molar-refractivity contribution in [2.75, 3.05) is 5.32 Å². The van der Waals surface area contributed by atoms with E-state index in [9.17, 15) is 9.00 Å². The molecule has 1 aromatic heterocycles. The highest BCUT2D eigenvalue weighted by Gasteiger charge is 2.31. The molecule has 3 rings (SSSR count). The van der Waals surface area contributed by atoms with Gasteiger partial charge in [0.2, 0.25) is 0 Å². The zero-order valence-corrected chi connectivity index (χ0v) is 15.6. The van der Waals surface area contributed by atoms with E-state index < -0.39 is 10.8 Å². The number of carbonyl (C=O) groups is 1. The van der Waals surface area contributed by atoms with Crippen molar-refractivity contribution in [2.45, 2.75) is 37.8 Å². The lowest BCUT2D eigenvalue weighted by molar-refractivity contribution is 0.102. The smallest absolute Gasteiger partial charge is 0.257 e. The second-order valence-electron chi connectivity index (χ2n) is 6.52. The van der Waals surface area contributed by atoms with Gasteiger partial charge >= 0.3 is 0 Å². The Morgan fingerprint density at radius 2 is 2.00 bits per heavy atom. The minimum Gasteiger partial charge on any atom is -0.306 e. The fraction of sp³-hybridized carbons (Fsp3) is 0.375. The number of aromatic nitrogens is 2. The molecule has 0 bridgehead atoms. The van der Waals surface area contributed by atoms with Gasteiger partial charge in [0.15, 0.2) is 0 Å². The van der Waals surface area contributed by atoms with Crippen LogP contribution >= 0.6 is 15.9 Å². The van der Waals surface area contributed by atoms with Gasteiger partial charge in [-0.1, -0.05) is 12.1 Å². The van der Waals surface area contributed by atoms with Crippen molar-refractivity contribution in [3.63, 3.8) is 0 Å². The Kier molecular flexibility index (Phi) is 4.18. The van der Waals surface area contributed by atoms with Crippen LogP contribution < -0.4 is 5.32 Å². The lowest BCUT2D eigenvalue weighted by Gasteiger charge is -2.23. The summed E-state index contributed by atoms with van der Waals surface area (Å²) in [6.07, 6.45) is 0. The van der Waals surface area contributed by atoms with Gasteiger partial charge in [0, 0.05) is 20.8 Å². The summed E-state index contributed by atoms with van der Waals surface area (Å²) >= 11 is 3.40. The Morgan fingerprint density at radius 3 is 2.65 bits per heavy atom. The number of rotatable bonds is 2. The van der Waals surface area contributed by atoms with Gasteiger partial charge in [-0.05, 0) is 48.8 Å². The SMILES string of the molecule is CC(C)(C)n1nc2c(c1NC(=O)c1ccccc1Br)CS(=O)C2. The summed E-state index contributed by atoms with van der Waals surface area (Å²) in [5, 5.41) is 7.55. The molecule has 0 radical (unpaired) electrons. The molecule has 1 unspecified atom stereocenters. The minimum atomic E-state index is -0.934. The summed E-state index contributed by atoms with van der Waals surface area (Å²) in [6, 6.07) is 7.27. The first-order valence-electron chi connectivity index (χ1n) is 7.29. The summed E-state index contributed by atoms with van der Waals surface area (Å²) in [5.41, 5.74) is 1.99. The van der Waals surface area contributed by atoms with Crippen LogP contribution in [0.2, 0.25) is 0 Å². The van der Waals surface area contributed by atoms with Crippen molar-refractivity contribution in [1.29, 1.82) is 0 Å². The molecule has 0 saturated carbocycles. The van der Waals surface area contributed by atoms with Gasteiger partial charge in [0.25, 0.3) is 5.91 Å². The fourth-order valence-corrected chi connectivity index (χ4v) is 4.29. The molecule has 5 nitrogen and oxygen atoms in total.